The first-order valence-electron chi connectivity index (χ1n) is 6.63. The molecular formula is C14H23N3O2. The predicted octanol–water partition coefficient (Wildman–Crippen LogP) is 2.15. The van der Waals surface area contributed by atoms with E-state index in [9.17, 15) is 4.79 Å². The van der Waals surface area contributed by atoms with E-state index in [1.807, 2.05) is 18.9 Å². The Balaban J connectivity index is 2.74. The van der Waals surface area contributed by atoms with Gasteiger partial charge in [-0.25, -0.2) is 4.98 Å². The summed E-state index contributed by atoms with van der Waals surface area (Å²) in [5.74, 6) is 1.18. The molecule has 0 saturated heterocycles. The first kappa shape index (κ1) is 15.4. The van der Waals surface area contributed by atoms with Crippen LogP contribution in [-0.4, -0.2) is 42.5 Å². The second-order valence-electron chi connectivity index (χ2n) is 4.45. The molecule has 0 aliphatic carbocycles. The third-order valence-electron chi connectivity index (χ3n) is 3.11. The molecule has 1 amide bonds. The molecular weight excluding hydrogens is 242 g/mol. The van der Waals surface area contributed by atoms with Crippen LogP contribution >= 0.6 is 0 Å². The monoisotopic (exact) mass is 265 g/mol. The number of methoxy groups -OCH3 is 1. The van der Waals surface area contributed by atoms with Crippen molar-refractivity contribution in [3.63, 3.8) is 0 Å². The quantitative estimate of drug-likeness (QED) is 0.820. The predicted molar refractivity (Wildman–Crippen MR) is 76.4 cm³/mol. The highest BCUT2D eigenvalue weighted by Crippen LogP contribution is 2.15. The second-order valence-corrected chi connectivity index (χ2v) is 4.45. The minimum absolute atomic E-state index is 0.0213. The number of rotatable bonds is 7. The second kappa shape index (κ2) is 7.74. The van der Waals surface area contributed by atoms with Crippen molar-refractivity contribution in [2.45, 2.75) is 32.7 Å². The Morgan fingerprint density at radius 3 is 2.84 bits per heavy atom. The van der Waals surface area contributed by atoms with Crippen LogP contribution in [0.25, 0.3) is 0 Å². The Bertz CT molecular complexity index is 409. The molecule has 0 saturated carbocycles. The van der Waals surface area contributed by atoms with Gasteiger partial charge in [-0.05, 0) is 26.1 Å². The van der Waals surface area contributed by atoms with Crippen molar-refractivity contribution in [2.75, 3.05) is 26.0 Å². The smallest absolute Gasteiger partial charge is 0.242 e. The van der Waals surface area contributed by atoms with Crippen LogP contribution in [0.2, 0.25) is 0 Å². The summed E-state index contributed by atoms with van der Waals surface area (Å²) in [4.78, 5) is 18.4. The number of anilines is 1. The molecule has 1 N–H and O–H groups in total. The van der Waals surface area contributed by atoms with Crippen LogP contribution in [0.3, 0.4) is 0 Å². The van der Waals surface area contributed by atoms with E-state index in [1.165, 1.54) is 0 Å². The summed E-state index contributed by atoms with van der Waals surface area (Å²) < 4.78 is 5.11. The number of hydrogen-bond acceptors (Lipinski definition) is 4. The molecule has 1 atom stereocenters. The van der Waals surface area contributed by atoms with Crippen molar-refractivity contribution in [2.24, 2.45) is 0 Å². The van der Waals surface area contributed by atoms with Crippen LogP contribution in [-0.2, 0) is 4.79 Å². The standard InChI is InChI=1S/C14H23N3O2/c1-5-7-12(17(3)6-2)14(18)16-13-10-11(19-4)8-9-15-13/h8-10,12H,5-7H2,1-4H3,(H,15,16,18). The maximum Gasteiger partial charge on any atom is 0.242 e. The molecule has 0 aliphatic rings. The van der Waals surface area contributed by atoms with Crippen molar-refractivity contribution < 1.29 is 9.53 Å². The number of ether oxygens (including phenoxy) is 1. The zero-order chi connectivity index (χ0) is 14.3. The SMILES string of the molecule is CCCC(C(=O)Nc1cc(OC)ccn1)N(C)CC. The third-order valence-corrected chi connectivity index (χ3v) is 3.11. The van der Waals surface area contributed by atoms with Gasteiger partial charge in [-0.3, -0.25) is 9.69 Å². The lowest BCUT2D eigenvalue weighted by atomic mass is 10.1. The summed E-state index contributed by atoms with van der Waals surface area (Å²) in [5.41, 5.74) is 0. The molecule has 0 radical (unpaired) electrons. The zero-order valence-corrected chi connectivity index (χ0v) is 12.1. The van der Waals surface area contributed by atoms with Crippen molar-refractivity contribution in [1.82, 2.24) is 9.88 Å². The van der Waals surface area contributed by atoms with Crippen molar-refractivity contribution >= 4 is 11.7 Å². The van der Waals surface area contributed by atoms with Crippen molar-refractivity contribution in [3.8, 4) is 5.75 Å². The molecule has 5 nitrogen and oxygen atoms in total. The summed E-state index contributed by atoms with van der Waals surface area (Å²) in [7, 11) is 3.55. The fourth-order valence-corrected chi connectivity index (χ4v) is 1.86. The van der Waals surface area contributed by atoms with Gasteiger partial charge in [0.15, 0.2) is 0 Å². The number of amides is 1. The minimum atomic E-state index is -0.122. The molecule has 1 aromatic rings. The van der Waals surface area contributed by atoms with E-state index in [1.54, 1.807) is 25.4 Å². The van der Waals surface area contributed by atoms with E-state index in [0.717, 1.165) is 19.4 Å². The van der Waals surface area contributed by atoms with Gasteiger partial charge in [0.2, 0.25) is 5.91 Å². The molecule has 1 rings (SSSR count). The molecule has 1 aromatic heterocycles. The fraction of sp³-hybridized carbons (Fsp3) is 0.571. The van der Waals surface area contributed by atoms with Crippen LogP contribution < -0.4 is 10.1 Å². The van der Waals surface area contributed by atoms with E-state index >= 15 is 0 Å². The van der Waals surface area contributed by atoms with Gasteiger partial charge < -0.3 is 10.1 Å². The van der Waals surface area contributed by atoms with Gasteiger partial charge >= 0.3 is 0 Å². The summed E-state index contributed by atoms with van der Waals surface area (Å²) >= 11 is 0. The average molecular weight is 265 g/mol. The van der Waals surface area contributed by atoms with Gasteiger partial charge in [0.05, 0.1) is 13.2 Å². The molecule has 0 aliphatic heterocycles. The number of carbonyl (C=O) groups is 1. The van der Waals surface area contributed by atoms with Crippen LogP contribution in [0, 0.1) is 0 Å². The molecule has 19 heavy (non-hydrogen) atoms. The number of hydrogen-bond donors (Lipinski definition) is 1. The molecule has 0 aromatic carbocycles. The highest BCUT2D eigenvalue weighted by Gasteiger charge is 2.21. The number of nitrogens with zero attached hydrogens (tertiary/aromatic N) is 2. The van der Waals surface area contributed by atoms with Gasteiger partial charge in [-0.1, -0.05) is 20.3 Å². The van der Waals surface area contributed by atoms with Gasteiger partial charge in [0.1, 0.15) is 11.6 Å². The highest BCUT2D eigenvalue weighted by molar-refractivity contribution is 5.94. The summed E-state index contributed by atoms with van der Waals surface area (Å²) in [5, 5.41) is 2.85. The van der Waals surface area contributed by atoms with E-state index in [0.29, 0.717) is 11.6 Å². The molecule has 0 bridgehead atoms. The van der Waals surface area contributed by atoms with E-state index in [2.05, 4.69) is 17.2 Å². The highest BCUT2D eigenvalue weighted by atomic mass is 16.5. The number of likely N-dealkylation sites (N-methyl/N-ethyl adjacent to an activating group) is 1. The van der Waals surface area contributed by atoms with Crippen LogP contribution in [0.1, 0.15) is 26.7 Å². The maximum atomic E-state index is 12.3. The lowest BCUT2D eigenvalue weighted by Crippen LogP contribution is -2.41. The molecule has 5 heteroatoms. The van der Waals surface area contributed by atoms with Crippen LogP contribution in [0.4, 0.5) is 5.82 Å². The lowest BCUT2D eigenvalue weighted by Gasteiger charge is -2.25. The topological polar surface area (TPSA) is 54.5 Å². The molecule has 0 fully saturated rings. The Morgan fingerprint density at radius 1 is 1.53 bits per heavy atom. The number of pyridine rings is 1. The normalized spacial score (nSPS) is 12.3. The van der Waals surface area contributed by atoms with Crippen LogP contribution in [0.5, 0.6) is 5.75 Å². The van der Waals surface area contributed by atoms with Gasteiger partial charge in [0, 0.05) is 12.3 Å². The summed E-state index contributed by atoms with van der Waals surface area (Å²) in [6.45, 7) is 4.96. The first-order chi connectivity index (χ1) is 9.12. The lowest BCUT2D eigenvalue weighted by molar-refractivity contribution is -0.121. The Kier molecular flexibility index (Phi) is 6.29. The number of carbonyl (C=O) groups excluding carboxylic acids is 1. The van der Waals surface area contributed by atoms with E-state index < -0.39 is 0 Å². The van der Waals surface area contributed by atoms with Crippen molar-refractivity contribution in [1.29, 1.82) is 0 Å². The van der Waals surface area contributed by atoms with E-state index in [4.69, 9.17) is 4.74 Å². The van der Waals surface area contributed by atoms with E-state index in [-0.39, 0.29) is 11.9 Å². The first-order valence-corrected chi connectivity index (χ1v) is 6.63. The molecule has 1 heterocycles. The summed E-state index contributed by atoms with van der Waals surface area (Å²) in [6.07, 6.45) is 3.42. The zero-order valence-electron chi connectivity index (χ0n) is 12.1. The largest absolute Gasteiger partial charge is 0.497 e. The Hall–Kier alpha value is -1.62. The van der Waals surface area contributed by atoms with Gasteiger partial charge in [0.25, 0.3) is 0 Å². The third kappa shape index (κ3) is 4.52. The van der Waals surface area contributed by atoms with Crippen molar-refractivity contribution in [3.05, 3.63) is 18.3 Å². The fourth-order valence-electron chi connectivity index (χ4n) is 1.86. The molecule has 1 unspecified atom stereocenters. The number of aromatic nitrogens is 1. The minimum Gasteiger partial charge on any atom is -0.497 e. The maximum absolute atomic E-state index is 12.3. The average Bonchev–Trinajstić information content (AvgIpc) is 2.44. The van der Waals surface area contributed by atoms with Gasteiger partial charge in [-0.2, -0.15) is 0 Å². The van der Waals surface area contributed by atoms with Gasteiger partial charge in [-0.15, -0.1) is 0 Å². The molecule has 106 valence electrons. The van der Waals surface area contributed by atoms with Crippen LogP contribution in [0.15, 0.2) is 18.3 Å². The Morgan fingerprint density at radius 2 is 2.26 bits per heavy atom. The number of nitrogens with one attached hydrogen (secondary N) is 1. The Labute approximate surface area is 115 Å². The molecule has 0 spiro atoms. The summed E-state index contributed by atoms with van der Waals surface area (Å²) in [6, 6.07) is 3.34.